The summed E-state index contributed by atoms with van der Waals surface area (Å²) in [6, 6.07) is 0. The molecule has 6 N–H and O–H groups in total. The molecule has 1 aliphatic rings. The highest BCUT2D eigenvalue weighted by Gasteiger charge is 2.01. The lowest BCUT2D eigenvalue weighted by atomic mass is 10.4. The molecule has 0 spiro atoms. The molecule has 1 rings (SSSR count). The molecule has 0 aliphatic carbocycles. The van der Waals surface area contributed by atoms with Crippen LogP contribution in [0.25, 0.3) is 0 Å². The van der Waals surface area contributed by atoms with Gasteiger partial charge in [0.15, 0.2) is 0 Å². The number of aliphatic carboxylic acids is 2. The number of carboxylic acid groups (broad SMARTS) is 2. The van der Waals surface area contributed by atoms with Gasteiger partial charge >= 0.3 is 11.9 Å². The molecular weight excluding hydrogens is 192 g/mol. The van der Waals surface area contributed by atoms with Crippen molar-refractivity contribution in [1.82, 2.24) is 10.6 Å². The third-order valence-electron chi connectivity index (χ3n) is 1.26. The monoisotopic (exact) mass is 208 g/mol. The van der Waals surface area contributed by atoms with Crippen LogP contribution in [0.5, 0.6) is 0 Å². The van der Waals surface area contributed by atoms with Crippen molar-refractivity contribution < 1.29 is 25.3 Å². The molecular formula is C7H16N2O5. The Morgan fingerprint density at radius 1 is 0.929 bits per heavy atom. The molecule has 14 heavy (non-hydrogen) atoms. The molecule has 0 aromatic carbocycles. The van der Waals surface area contributed by atoms with Crippen LogP contribution < -0.4 is 10.6 Å². The zero-order valence-corrected chi connectivity index (χ0v) is 7.75. The van der Waals surface area contributed by atoms with Gasteiger partial charge < -0.3 is 26.3 Å². The highest BCUT2D eigenvalue weighted by molar-refractivity contribution is 5.88. The van der Waals surface area contributed by atoms with Crippen molar-refractivity contribution in [2.24, 2.45) is 0 Å². The minimum Gasteiger partial charge on any atom is -0.481 e. The Hall–Kier alpha value is -1.18. The highest BCUT2D eigenvalue weighted by Crippen LogP contribution is 1.74. The topological polar surface area (TPSA) is 130 Å². The average molecular weight is 208 g/mol. The molecule has 1 heterocycles. The normalized spacial score (nSPS) is 14.3. The Balaban J connectivity index is 0. The molecule has 7 heteroatoms. The van der Waals surface area contributed by atoms with E-state index >= 15 is 0 Å². The summed E-state index contributed by atoms with van der Waals surface area (Å²) in [5.74, 6) is -2.62. The zero-order chi connectivity index (χ0) is 10.1. The second kappa shape index (κ2) is 9.90. The van der Waals surface area contributed by atoms with Crippen molar-refractivity contribution >= 4 is 11.9 Å². The van der Waals surface area contributed by atoms with Gasteiger partial charge in [-0.2, -0.15) is 0 Å². The van der Waals surface area contributed by atoms with E-state index in [0.717, 1.165) is 26.2 Å². The Kier molecular flexibility index (Phi) is 10.8. The van der Waals surface area contributed by atoms with E-state index in [2.05, 4.69) is 10.6 Å². The fourth-order valence-electron chi connectivity index (χ4n) is 0.733. The van der Waals surface area contributed by atoms with Crippen LogP contribution in [0.15, 0.2) is 0 Å². The second-order valence-corrected chi connectivity index (χ2v) is 2.46. The fraction of sp³-hybridized carbons (Fsp3) is 0.714. The lowest BCUT2D eigenvalue weighted by molar-refractivity contribution is -0.147. The third kappa shape index (κ3) is 13.4. The lowest BCUT2D eigenvalue weighted by Gasteiger charge is -2.11. The van der Waals surface area contributed by atoms with Gasteiger partial charge in [-0.25, -0.2) is 0 Å². The van der Waals surface area contributed by atoms with E-state index in [9.17, 15) is 9.59 Å². The van der Waals surface area contributed by atoms with Crippen LogP contribution in [-0.2, 0) is 9.59 Å². The van der Waals surface area contributed by atoms with Crippen molar-refractivity contribution in [3.05, 3.63) is 0 Å². The summed E-state index contributed by atoms with van der Waals surface area (Å²) in [5, 5.41) is 21.9. The molecule has 7 nitrogen and oxygen atoms in total. The van der Waals surface area contributed by atoms with E-state index < -0.39 is 18.4 Å². The quantitative estimate of drug-likeness (QED) is 0.384. The van der Waals surface area contributed by atoms with E-state index in [0.29, 0.717) is 0 Å². The van der Waals surface area contributed by atoms with Crippen LogP contribution in [0.2, 0.25) is 0 Å². The summed E-state index contributed by atoms with van der Waals surface area (Å²) in [7, 11) is 0. The standard InChI is InChI=1S/C4H10N2.C3H4O4.H2O/c1-2-6-4-3-5-1;4-2(5)1-3(6)7;/h5-6H,1-4H2;1H2,(H,4,5)(H,6,7);1H2. The average Bonchev–Trinajstić information content (AvgIpc) is 2.06. The molecule has 1 saturated heterocycles. The zero-order valence-electron chi connectivity index (χ0n) is 7.75. The first-order valence-electron chi connectivity index (χ1n) is 3.98. The highest BCUT2D eigenvalue weighted by atomic mass is 16.4. The number of hydrogen-bond donors (Lipinski definition) is 4. The molecule has 0 unspecified atom stereocenters. The molecule has 0 saturated carbocycles. The minimum absolute atomic E-state index is 0. The van der Waals surface area contributed by atoms with Gasteiger partial charge in [-0.1, -0.05) is 0 Å². The van der Waals surface area contributed by atoms with Crippen molar-refractivity contribution in [3.8, 4) is 0 Å². The number of rotatable bonds is 2. The van der Waals surface area contributed by atoms with Crippen molar-refractivity contribution in [2.45, 2.75) is 6.42 Å². The maximum absolute atomic E-state index is 9.43. The summed E-state index contributed by atoms with van der Waals surface area (Å²) < 4.78 is 0. The molecule has 1 fully saturated rings. The Morgan fingerprint density at radius 3 is 1.29 bits per heavy atom. The van der Waals surface area contributed by atoms with Gasteiger partial charge in [0.2, 0.25) is 0 Å². The van der Waals surface area contributed by atoms with E-state index in [1.807, 2.05) is 0 Å². The maximum Gasteiger partial charge on any atom is 0.314 e. The fourth-order valence-corrected chi connectivity index (χ4v) is 0.733. The number of piperazine rings is 1. The number of carboxylic acids is 2. The van der Waals surface area contributed by atoms with Crippen LogP contribution in [0, 0.1) is 0 Å². The number of carbonyl (C=O) groups is 2. The van der Waals surface area contributed by atoms with E-state index in [4.69, 9.17) is 10.2 Å². The minimum atomic E-state index is -1.31. The van der Waals surface area contributed by atoms with Gasteiger partial charge in [-0.15, -0.1) is 0 Å². The molecule has 0 aromatic rings. The van der Waals surface area contributed by atoms with Crippen molar-refractivity contribution in [3.63, 3.8) is 0 Å². The first-order chi connectivity index (χ1) is 6.13. The lowest BCUT2D eigenvalue weighted by Crippen LogP contribution is -2.39. The predicted octanol–water partition coefficient (Wildman–Crippen LogP) is -2.10. The SMILES string of the molecule is C1CNCCN1.O.O=C(O)CC(=O)O. The summed E-state index contributed by atoms with van der Waals surface area (Å²) >= 11 is 0. The van der Waals surface area contributed by atoms with Crippen molar-refractivity contribution in [2.75, 3.05) is 26.2 Å². The molecule has 0 atom stereocenters. The summed E-state index contributed by atoms with van der Waals surface area (Å²) in [6.07, 6.45) is -0.806. The predicted molar refractivity (Wildman–Crippen MR) is 49.2 cm³/mol. The van der Waals surface area contributed by atoms with Gasteiger partial charge in [0.1, 0.15) is 6.42 Å². The van der Waals surface area contributed by atoms with Crippen LogP contribution >= 0.6 is 0 Å². The molecule has 0 bridgehead atoms. The molecule has 1 aliphatic heterocycles. The van der Waals surface area contributed by atoms with Gasteiger partial charge in [-0.05, 0) is 0 Å². The van der Waals surface area contributed by atoms with Crippen LogP contribution in [0.1, 0.15) is 6.42 Å². The number of hydrogen-bond acceptors (Lipinski definition) is 4. The first-order valence-corrected chi connectivity index (χ1v) is 3.98. The van der Waals surface area contributed by atoms with E-state index in [-0.39, 0.29) is 5.48 Å². The maximum atomic E-state index is 9.43. The molecule has 0 amide bonds. The number of nitrogens with one attached hydrogen (secondary N) is 2. The van der Waals surface area contributed by atoms with E-state index in [1.165, 1.54) is 0 Å². The Morgan fingerprint density at radius 2 is 1.21 bits per heavy atom. The van der Waals surface area contributed by atoms with Crippen LogP contribution in [0.4, 0.5) is 0 Å². The second-order valence-electron chi connectivity index (χ2n) is 2.46. The van der Waals surface area contributed by atoms with E-state index in [1.54, 1.807) is 0 Å². The van der Waals surface area contributed by atoms with Crippen molar-refractivity contribution in [1.29, 1.82) is 0 Å². The smallest absolute Gasteiger partial charge is 0.314 e. The van der Waals surface area contributed by atoms with Gasteiger partial charge in [0.05, 0.1) is 0 Å². The summed E-state index contributed by atoms with van der Waals surface area (Å²) in [4.78, 5) is 18.9. The molecule has 84 valence electrons. The Bertz CT molecular complexity index is 146. The molecule has 0 aromatic heterocycles. The van der Waals surface area contributed by atoms with Crippen LogP contribution in [-0.4, -0.2) is 53.8 Å². The summed E-state index contributed by atoms with van der Waals surface area (Å²) in [6.45, 7) is 4.56. The Labute approximate surface area is 81.4 Å². The van der Waals surface area contributed by atoms with Gasteiger partial charge in [-0.3, -0.25) is 9.59 Å². The molecule has 0 radical (unpaired) electrons. The first kappa shape index (κ1) is 15.3. The largest absolute Gasteiger partial charge is 0.481 e. The van der Waals surface area contributed by atoms with Crippen LogP contribution in [0.3, 0.4) is 0 Å². The summed E-state index contributed by atoms with van der Waals surface area (Å²) in [5.41, 5.74) is 0. The van der Waals surface area contributed by atoms with Gasteiger partial charge in [0.25, 0.3) is 0 Å². The third-order valence-corrected chi connectivity index (χ3v) is 1.26. The van der Waals surface area contributed by atoms with Gasteiger partial charge in [0, 0.05) is 26.2 Å².